The molecule has 1 fully saturated rings. The zero-order chi connectivity index (χ0) is 9.80. The lowest BCUT2D eigenvalue weighted by molar-refractivity contribution is 0.445. The Morgan fingerprint density at radius 1 is 1.29 bits per heavy atom. The third-order valence-corrected chi connectivity index (χ3v) is 3.78. The van der Waals surface area contributed by atoms with Crippen molar-refractivity contribution < 1.29 is 0 Å². The minimum atomic E-state index is 0.823. The maximum absolute atomic E-state index is 2.45. The summed E-state index contributed by atoms with van der Waals surface area (Å²) in [5, 5.41) is 0. The Morgan fingerprint density at radius 2 is 2.07 bits per heavy atom. The molecule has 0 radical (unpaired) electrons. The van der Waals surface area contributed by atoms with Crippen molar-refractivity contribution in [3.63, 3.8) is 0 Å². The van der Waals surface area contributed by atoms with Crippen molar-refractivity contribution in [1.82, 2.24) is 0 Å². The molecule has 0 spiro atoms. The summed E-state index contributed by atoms with van der Waals surface area (Å²) >= 11 is 0. The Hall–Kier alpha value is -0.520. The first-order valence-electron chi connectivity index (χ1n) is 6.29. The minimum Gasteiger partial charge on any atom is -0.0771 e. The molecule has 0 heteroatoms. The molecular formula is C14H22. The van der Waals surface area contributed by atoms with E-state index in [9.17, 15) is 0 Å². The molecule has 1 saturated carbocycles. The molecule has 0 aromatic heterocycles. The molecule has 2 rings (SSSR count). The van der Waals surface area contributed by atoms with Crippen molar-refractivity contribution in [2.24, 2.45) is 11.8 Å². The summed E-state index contributed by atoms with van der Waals surface area (Å²) in [6.45, 7) is 2.29. The van der Waals surface area contributed by atoms with E-state index in [1.54, 1.807) is 5.57 Å². The maximum Gasteiger partial charge on any atom is 0.00113 e. The topological polar surface area (TPSA) is 0 Å². The summed E-state index contributed by atoms with van der Waals surface area (Å²) in [7, 11) is 0. The second-order valence-corrected chi connectivity index (χ2v) is 4.80. The Balaban J connectivity index is 1.90. The Kier molecular flexibility index (Phi) is 3.44. The monoisotopic (exact) mass is 190 g/mol. The van der Waals surface area contributed by atoms with Gasteiger partial charge in [-0.1, -0.05) is 50.0 Å². The molecule has 78 valence electrons. The van der Waals surface area contributed by atoms with Crippen LogP contribution in [0.1, 0.15) is 51.9 Å². The molecule has 0 N–H and O–H groups in total. The van der Waals surface area contributed by atoms with Gasteiger partial charge in [-0.05, 0) is 31.6 Å². The SMILES string of the molecule is CCCCC1=CC=CC1C1CCCC1. The van der Waals surface area contributed by atoms with Crippen molar-refractivity contribution in [3.05, 3.63) is 23.8 Å². The quantitative estimate of drug-likeness (QED) is 0.613. The van der Waals surface area contributed by atoms with Gasteiger partial charge in [-0.3, -0.25) is 0 Å². The Morgan fingerprint density at radius 3 is 2.79 bits per heavy atom. The highest BCUT2D eigenvalue weighted by Crippen LogP contribution is 2.39. The summed E-state index contributed by atoms with van der Waals surface area (Å²) < 4.78 is 0. The van der Waals surface area contributed by atoms with Crippen molar-refractivity contribution in [3.8, 4) is 0 Å². The van der Waals surface area contributed by atoms with Gasteiger partial charge in [0.15, 0.2) is 0 Å². The fraction of sp³-hybridized carbons (Fsp3) is 0.714. The lowest BCUT2D eigenvalue weighted by Crippen LogP contribution is -2.09. The highest BCUT2D eigenvalue weighted by molar-refractivity contribution is 5.28. The molecule has 0 heterocycles. The van der Waals surface area contributed by atoms with Crippen molar-refractivity contribution >= 4 is 0 Å². The predicted molar refractivity (Wildman–Crippen MR) is 62.2 cm³/mol. The first-order valence-corrected chi connectivity index (χ1v) is 6.29. The summed E-state index contributed by atoms with van der Waals surface area (Å²) in [4.78, 5) is 0. The molecule has 2 aliphatic carbocycles. The molecule has 0 aromatic carbocycles. The van der Waals surface area contributed by atoms with E-state index in [0.717, 1.165) is 11.8 Å². The second kappa shape index (κ2) is 4.82. The summed E-state index contributed by atoms with van der Waals surface area (Å²) in [6, 6.07) is 0. The van der Waals surface area contributed by atoms with Crippen LogP contribution in [0.3, 0.4) is 0 Å². The summed E-state index contributed by atoms with van der Waals surface area (Å²) in [6.07, 6.45) is 17.0. The van der Waals surface area contributed by atoms with Crippen LogP contribution in [-0.2, 0) is 0 Å². The number of unbranched alkanes of at least 4 members (excludes halogenated alkanes) is 1. The Bertz CT molecular complexity index is 228. The lowest BCUT2D eigenvalue weighted by atomic mass is 9.85. The second-order valence-electron chi connectivity index (χ2n) is 4.80. The largest absolute Gasteiger partial charge is 0.0771 e. The molecule has 0 bridgehead atoms. The van der Waals surface area contributed by atoms with Crippen LogP contribution in [0.5, 0.6) is 0 Å². The lowest BCUT2D eigenvalue weighted by Gasteiger charge is -2.20. The predicted octanol–water partition coefficient (Wildman–Crippen LogP) is 4.48. The van der Waals surface area contributed by atoms with Gasteiger partial charge in [-0.2, -0.15) is 0 Å². The molecule has 0 amide bonds. The summed E-state index contributed by atoms with van der Waals surface area (Å²) in [5.41, 5.74) is 1.72. The minimum absolute atomic E-state index is 0.823. The zero-order valence-electron chi connectivity index (χ0n) is 9.34. The van der Waals surface area contributed by atoms with E-state index >= 15 is 0 Å². The first-order chi connectivity index (χ1) is 6.92. The van der Waals surface area contributed by atoms with E-state index in [1.807, 2.05) is 0 Å². The van der Waals surface area contributed by atoms with Crippen molar-refractivity contribution in [2.75, 3.05) is 0 Å². The van der Waals surface area contributed by atoms with Gasteiger partial charge < -0.3 is 0 Å². The fourth-order valence-electron chi connectivity index (χ4n) is 2.94. The number of hydrogen-bond donors (Lipinski definition) is 0. The maximum atomic E-state index is 2.45. The van der Waals surface area contributed by atoms with Gasteiger partial charge in [0.1, 0.15) is 0 Å². The number of allylic oxidation sites excluding steroid dienone is 4. The van der Waals surface area contributed by atoms with Gasteiger partial charge in [0.05, 0.1) is 0 Å². The van der Waals surface area contributed by atoms with Crippen LogP contribution >= 0.6 is 0 Å². The zero-order valence-corrected chi connectivity index (χ0v) is 9.34. The van der Waals surface area contributed by atoms with E-state index < -0.39 is 0 Å². The van der Waals surface area contributed by atoms with Gasteiger partial charge in [0.25, 0.3) is 0 Å². The van der Waals surface area contributed by atoms with E-state index in [-0.39, 0.29) is 0 Å². The van der Waals surface area contributed by atoms with E-state index in [2.05, 4.69) is 25.2 Å². The molecule has 0 aliphatic heterocycles. The van der Waals surface area contributed by atoms with Gasteiger partial charge in [-0.25, -0.2) is 0 Å². The van der Waals surface area contributed by atoms with E-state index in [0.29, 0.717) is 0 Å². The molecule has 0 nitrogen and oxygen atoms in total. The highest BCUT2D eigenvalue weighted by Gasteiger charge is 2.26. The normalized spacial score (nSPS) is 27.2. The third kappa shape index (κ3) is 2.10. The van der Waals surface area contributed by atoms with Crippen LogP contribution < -0.4 is 0 Å². The van der Waals surface area contributed by atoms with E-state index in [1.165, 1.54) is 44.9 Å². The standard InChI is InChI=1S/C14H22/c1-2-3-7-12-10-6-11-14(12)13-8-4-5-9-13/h6,10-11,13-14H,2-5,7-9H2,1H3. The van der Waals surface area contributed by atoms with Gasteiger partial charge in [0, 0.05) is 5.92 Å². The smallest absolute Gasteiger partial charge is 0.00113 e. The Labute approximate surface area is 88.1 Å². The summed E-state index contributed by atoms with van der Waals surface area (Å²) in [5.74, 6) is 1.81. The number of rotatable bonds is 4. The molecule has 0 aromatic rings. The average molecular weight is 190 g/mol. The van der Waals surface area contributed by atoms with Crippen LogP contribution in [0.2, 0.25) is 0 Å². The van der Waals surface area contributed by atoms with Crippen LogP contribution in [0.15, 0.2) is 23.8 Å². The van der Waals surface area contributed by atoms with Crippen LogP contribution in [0.4, 0.5) is 0 Å². The molecular weight excluding hydrogens is 168 g/mol. The van der Waals surface area contributed by atoms with Crippen molar-refractivity contribution in [1.29, 1.82) is 0 Å². The molecule has 0 saturated heterocycles. The number of hydrogen-bond acceptors (Lipinski definition) is 0. The van der Waals surface area contributed by atoms with Crippen LogP contribution in [-0.4, -0.2) is 0 Å². The van der Waals surface area contributed by atoms with Crippen LogP contribution in [0.25, 0.3) is 0 Å². The third-order valence-electron chi connectivity index (χ3n) is 3.78. The highest BCUT2D eigenvalue weighted by atomic mass is 14.3. The van der Waals surface area contributed by atoms with Crippen LogP contribution in [0, 0.1) is 11.8 Å². The van der Waals surface area contributed by atoms with E-state index in [4.69, 9.17) is 0 Å². The van der Waals surface area contributed by atoms with Gasteiger partial charge in [0.2, 0.25) is 0 Å². The fourth-order valence-corrected chi connectivity index (χ4v) is 2.94. The average Bonchev–Trinajstić information content (AvgIpc) is 2.84. The molecule has 1 unspecified atom stereocenters. The molecule has 1 atom stereocenters. The molecule has 2 aliphatic rings. The van der Waals surface area contributed by atoms with Gasteiger partial charge in [-0.15, -0.1) is 0 Å². The first kappa shape index (κ1) is 10.0. The molecule has 14 heavy (non-hydrogen) atoms. The van der Waals surface area contributed by atoms with Gasteiger partial charge >= 0.3 is 0 Å². The van der Waals surface area contributed by atoms with Crippen molar-refractivity contribution in [2.45, 2.75) is 51.9 Å².